The average molecular weight is 328 g/mol. The summed E-state index contributed by atoms with van der Waals surface area (Å²) in [5.41, 5.74) is 0.822. The number of imide groups is 1. The largest absolute Gasteiger partial charge is 0.311 e. The normalized spacial score (nSPS) is 28.2. The molecule has 0 aliphatic carbocycles. The summed E-state index contributed by atoms with van der Waals surface area (Å²) in [6.45, 7) is 11.6. The smallest absolute Gasteiger partial charge is 0.250 e. The van der Waals surface area contributed by atoms with E-state index >= 15 is 0 Å². The van der Waals surface area contributed by atoms with Crippen molar-refractivity contribution in [2.75, 3.05) is 13.1 Å². The third kappa shape index (κ3) is 2.35. The highest BCUT2D eigenvalue weighted by molar-refractivity contribution is 6.22. The van der Waals surface area contributed by atoms with Crippen LogP contribution in [0.1, 0.15) is 34.1 Å². The summed E-state index contributed by atoms with van der Waals surface area (Å²) in [4.78, 5) is 41.5. The molecule has 3 amide bonds. The molecular weight excluding hydrogens is 304 g/mol. The first-order valence-corrected chi connectivity index (χ1v) is 8.17. The molecule has 0 radical (unpaired) electrons. The highest BCUT2D eigenvalue weighted by atomic mass is 16.2. The van der Waals surface area contributed by atoms with Crippen LogP contribution in [0.15, 0.2) is 47.7 Å². The Bertz CT molecular complexity index is 699. The van der Waals surface area contributed by atoms with Gasteiger partial charge in [-0.25, -0.2) is 0 Å². The highest BCUT2D eigenvalue weighted by Gasteiger charge is 2.64. The van der Waals surface area contributed by atoms with Crippen molar-refractivity contribution >= 4 is 17.7 Å². The molecule has 0 aromatic heterocycles. The molecule has 2 heterocycles. The van der Waals surface area contributed by atoms with Crippen LogP contribution in [-0.4, -0.2) is 40.6 Å². The Kier molecular flexibility index (Phi) is 4.92. The number of carbonyl (C=O) groups is 3. The minimum absolute atomic E-state index is 0.0977. The number of allylic oxidation sites excluding steroid dienone is 5. The Hall–Kier alpha value is -2.43. The first-order chi connectivity index (χ1) is 11.4. The summed E-state index contributed by atoms with van der Waals surface area (Å²) >= 11 is 0. The lowest BCUT2D eigenvalue weighted by molar-refractivity contribution is -0.145. The van der Waals surface area contributed by atoms with Crippen molar-refractivity contribution in [1.29, 1.82) is 0 Å². The maximum Gasteiger partial charge on any atom is 0.250 e. The van der Waals surface area contributed by atoms with E-state index in [0.29, 0.717) is 12.1 Å². The van der Waals surface area contributed by atoms with Crippen molar-refractivity contribution in [1.82, 2.24) is 9.80 Å². The summed E-state index contributed by atoms with van der Waals surface area (Å²) in [5.74, 6) is -1.02. The minimum Gasteiger partial charge on any atom is -0.311 e. The molecule has 128 valence electrons. The molecule has 1 spiro atoms. The van der Waals surface area contributed by atoms with E-state index in [1.165, 1.54) is 4.90 Å². The number of likely N-dealkylation sites (tertiary alicyclic amines) is 2. The van der Waals surface area contributed by atoms with Crippen LogP contribution >= 0.6 is 0 Å². The van der Waals surface area contributed by atoms with Gasteiger partial charge in [0.15, 0.2) is 5.41 Å². The summed E-state index contributed by atoms with van der Waals surface area (Å²) < 4.78 is 0. The lowest BCUT2D eigenvalue weighted by Crippen LogP contribution is -2.42. The van der Waals surface area contributed by atoms with Gasteiger partial charge in [-0.05, 0) is 33.3 Å². The molecule has 5 nitrogen and oxygen atoms in total. The number of amides is 3. The van der Waals surface area contributed by atoms with E-state index in [1.54, 1.807) is 30.1 Å². The van der Waals surface area contributed by atoms with Crippen LogP contribution in [0.25, 0.3) is 0 Å². The number of carbonyl (C=O) groups excluding carboxylic acids is 3. The van der Waals surface area contributed by atoms with Crippen LogP contribution in [0.5, 0.6) is 0 Å². The van der Waals surface area contributed by atoms with Crippen LogP contribution in [0.4, 0.5) is 0 Å². The van der Waals surface area contributed by atoms with Crippen LogP contribution in [0.3, 0.4) is 0 Å². The number of rotatable bonds is 4. The van der Waals surface area contributed by atoms with Gasteiger partial charge in [0.1, 0.15) is 0 Å². The standard InChI is InChI=1S/C19H24N2O3/c1-6-10-13(5)12-21-16(22)11-19(18(21)24)14(7-2)15(8-3)20(9-4)17(19)23/h6-8,10H,1,9,11-12H2,2-5H3/b13-10+,14-7+,15-8+. The zero-order valence-electron chi connectivity index (χ0n) is 14.8. The van der Waals surface area contributed by atoms with Crippen LogP contribution < -0.4 is 0 Å². The van der Waals surface area contributed by atoms with Crippen LogP contribution in [-0.2, 0) is 14.4 Å². The molecule has 0 bridgehead atoms. The fourth-order valence-electron chi connectivity index (χ4n) is 3.62. The summed E-state index contributed by atoms with van der Waals surface area (Å²) in [6.07, 6.45) is 6.89. The van der Waals surface area contributed by atoms with Gasteiger partial charge in [0.25, 0.3) is 0 Å². The Labute approximate surface area is 143 Å². The molecule has 2 fully saturated rings. The van der Waals surface area contributed by atoms with Gasteiger partial charge in [-0.15, -0.1) is 0 Å². The van der Waals surface area contributed by atoms with E-state index in [1.807, 2.05) is 26.8 Å². The van der Waals surface area contributed by atoms with E-state index in [4.69, 9.17) is 0 Å². The minimum atomic E-state index is -1.39. The molecule has 1 unspecified atom stereocenters. The second-order valence-corrected chi connectivity index (χ2v) is 6.04. The lowest BCUT2D eigenvalue weighted by Gasteiger charge is -2.21. The molecule has 5 heteroatoms. The maximum absolute atomic E-state index is 13.1. The van der Waals surface area contributed by atoms with Crippen LogP contribution in [0.2, 0.25) is 0 Å². The van der Waals surface area contributed by atoms with Gasteiger partial charge in [0.2, 0.25) is 17.7 Å². The second kappa shape index (κ2) is 6.59. The zero-order chi connectivity index (χ0) is 18.1. The lowest BCUT2D eigenvalue weighted by atomic mass is 9.79. The topological polar surface area (TPSA) is 57.7 Å². The molecule has 2 saturated heterocycles. The van der Waals surface area contributed by atoms with Gasteiger partial charge in [0, 0.05) is 18.8 Å². The summed E-state index contributed by atoms with van der Waals surface area (Å²) in [5, 5.41) is 0. The molecule has 2 rings (SSSR count). The highest BCUT2D eigenvalue weighted by Crippen LogP contribution is 2.50. The Morgan fingerprint density at radius 3 is 2.29 bits per heavy atom. The van der Waals surface area contributed by atoms with Gasteiger partial charge in [-0.1, -0.05) is 36.5 Å². The maximum atomic E-state index is 13.1. The van der Waals surface area contributed by atoms with Gasteiger partial charge < -0.3 is 4.90 Å². The number of nitrogens with zero attached hydrogens (tertiary/aromatic N) is 2. The van der Waals surface area contributed by atoms with Crippen molar-refractivity contribution in [2.45, 2.75) is 34.1 Å². The SMILES string of the molecule is C=C/C=C(\C)CN1C(=O)CC2(C1=O)C(=O)N(CC)C(=C/C)/C2=C\C. The predicted molar refractivity (Wildman–Crippen MR) is 92.6 cm³/mol. The van der Waals surface area contributed by atoms with E-state index in [-0.39, 0.29) is 24.8 Å². The average Bonchev–Trinajstić information content (AvgIpc) is 2.93. The fraction of sp³-hybridized carbons (Fsp3) is 0.421. The van der Waals surface area contributed by atoms with E-state index < -0.39 is 11.3 Å². The van der Waals surface area contributed by atoms with Crippen LogP contribution in [0, 0.1) is 5.41 Å². The molecule has 0 aromatic carbocycles. The molecule has 0 N–H and O–H groups in total. The van der Waals surface area contributed by atoms with Crippen molar-refractivity contribution in [3.8, 4) is 0 Å². The Morgan fingerprint density at radius 1 is 1.17 bits per heavy atom. The number of hydrogen-bond donors (Lipinski definition) is 0. The molecule has 24 heavy (non-hydrogen) atoms. The quantitative estimate of drug-likeness (QED) is 0.453. The summed E-state index contributed by atoms with van der Waals surface area (Å²) in [6, 6.07) is 0. The molecule has 2 aliphatic rings. The molecule has 2 aliphatic heterocycles. The van der Waals surface area contributed by atoms with Gasteiger partial charge >= 0.3 is 0 Å². The molecular formula is C19H24N2O3. The first kappa shape index (κ1) is 17.9. The van der Waals surface area contributed by atoms with Gasteiger partial charge in [-0.3, -0.25) is 19.3 Å². The van der Waals surface area contributed by atoms with E-state index in [9.17, 15) is 14.4 Å². The third-order valence-electron chi connectivity index (χ3n) is 4.65. The first-order valence-electron chi connectivity index (χ1n) is 8.17. The molecule has 0 aromatic rings. The zero-order valence-corrected chi connectivity index (χ0v) is 14.8. The monoisotopic (exact) mass is 328 g/mol. The van der Waals surface area contributed by atoms with Crippen molar-refractivity contribution in [2.24, 2.45) is 5.41 Å². The van der Waals surface area contributed by atoms with E-state index in [2.05, 4.69) is 6.58 Å². The fourth-order valence-corrected chi connectivity index (χ4v) is 3.62. The Morgan fingerprint density at radius 2 is 1.79 bits per heavy atom. The Balaban J connectivity index is 2.52. The van der Waals surface area contributed by atoms with Crippen molar-refractivity contribution in [3.05, 3.63) is 47.7 Å². The summed E-state index contributed by atoms with van der Waals surface area (Å²) in [7, 11) is 0. The van der Waals surface area contributed by atoms with E-state index in [0.717, 1.165) is 11.3 Å². The van der Waals surface area contributed by atoms with Gasteiger partial charge in [-0.2, -0.15) is 0 Å². The van der Waals surface area contributed by atoms with Gasteiger partial charge in [0.05, 0.1) is 6.42 Å². The van der Waals surface area contributed by atoms with Crippen molar-refractivity contribution in [3.63, 3.8) is 0 Å². The second-order valence-electron chi connectivity index (χ2n) is 6.04. The van der Waals surface area contributed by atoms with Crippen molar-refractivity contribution < 1.29 is 14.4 Å². The molecule has 0 saturated carbocycles. The third-order valence-corrected chi connectivity index (χ3v) is 4.65. The number of likely N-dealkylation sites (N-methyl/N-ethyl adjacent to an activating group) is 1. The molecule has 1 atom stereocenters. The predicted octanol–water partition coefficient (Wildman–Crippen LogP) is 2.58. The number of hydrogen-bond acceptors (Lipinski definition) is 3.